The van der Waals surface area contributed by atoms with Crippen LogP contribution < -0.4 is 0 Å². The monoisotopic (exact) mass is 556 g/mol. The van der Waals surface area contributed by atoms with Crippen molar-refractivity contribution >= 4 is 79.1 Å². The minimum absolute atomic E-state index is 0.143. The molecule has 0 N–H and O–H groups in total. The van der Waals surface area contributed by atoms with Gasteiger partial charge in [0.2, 0.25) is 0 Å². The van der Waals surface area contributed by atoms with Gasteiger partial charge < -0.3 is 0 Å². The Morgan fingerprint density at radius 3 is 1.56 bits per heavy atom. The lowest BCUT2D eigenvalue weighted by Crippen LogP contribution is -1.92. The molecule has 0 aromatic heterocycles. The second kappa shape index (κ2) is 6.05. The Kier molecular flexibility index (Phi) is 5.30. The Morgan fingerprint density at radius 1 is 0.875 bits per heavy atom. The molecule has 0 spiro atoms. The molecule has 0 unspecified atom stereocenters. The third kappa shape index (κ3) is 2.61. The molecule has 1 aromatic rings. The van der Waals surface area contributed by atoms with Gasteiger partial charge >= 0.3 is 0 Å². The molecule has 0 bridgehead atoms. The summed E-state index contributed by atoms with van der Waals surface area (Å²) in [7, 11) is 0. The third-order valence-electron chi connectivity index (χ3n) is 1.51. The highest BCUT2D eigenvalue weighted by Gasteiger charge is 2.18. The Morgan fingerprint density at radius 2 is 1.25 bits per heavy atom. The fourth-order valence-electron chi connectivity index (χ4n) is 0.874. The lowest BCUT2D eigenvalue weighted by atomic mass is 10.3. The molecular weight excluding hydrogens is 556 g/mol. The first kappa shape index (κ1) is 14.0. The van der Waals surface area contributed by atoms with Crippen LogP contribution in [0.4, 0.5) is 15.8 Å². The number of azide groups is 2. The number of benzene rings is 1. The van der Waals surface area contributed by atoms with Gasteiger partial charge in [-0.25, -0.2) is 4.39 Å². The molecule has 0 aliphatic rings. The van der Waals surface area contributed by atoms with Crippen molar-refractivity contribution in [1.29, 1.82) is 0 Å². The predicted molar refractivity (Wildman–Crippen MR) is 82.2 cm³/mol. The number of nitrogens with zero attached hydrogens (tertiary/aromatic N) is 6. The highest BCUT2D eigenvalue weighted by atomic mass is 127. The van der Waals surface area contributed by atoms with E-state index in [1.54, 1.807) is 45.2 Å². The summed E-state index contributed by atoms with van der Waals surface area (Å²) in [5.41, 5.74) is 17.0. The van der Waals surface area contributed by atoms with Crippen molar-refractivity contribution in [2.24, 2.45) is 10.2 Å². The van der Waals surface area contributed by atoms with Gasteiger partial charge in [0.05, 0.1) is 18.5 Å². The first-order valence-corrected chi connectivity index (χ1v) is 6.74. The average molecular weight is 556 g/mol. The van der Waals surface area contributed by atoms with Crippen LogP contribution in [0.15, 0.2) is 10.2 Å². The van der Waals surface area contributed by atoms with Crippen molar-refractivity contribution in [2.75, 3.05) is 0 Å². The van der Waals surface area contributed by atoms with Crippen molar-refractivity contribution < 1.29 is 4.39 Å². The van der Waals surface area contributed by atoms with Gasteiger partial charge in [0.1, 0.15) is 0 Å². The van der Waals surface area contributed by atoms with Crippen LogP contribution in [-0.4, -0.2) is 0 Å². The maximum absolute atomic E-state index is 13.7. The SMILES string of the molecule is [N-]=[N+]=Nc1c(I)c(F)c(I)c(N=[N+]=[N-])c1I. The molecule has 0 fully saturated rings. The molecule has 6 nitrogen and oxygen atoms in total. The standard InChI is InChI=1S/C6FI3N6/c7-1-2(8)5(13-15-11)4(10)6(3(1)9)14-16-12. The van der Waals surface area contributed by atoms with E-state index in [4.69, 9.17) is 11.1 Å². The van der Waals surface area contributed by atoms with Crippen molar-refractivity contribution in [1.82, 2.24) is 0 Å². The molecule has 10 heteroatoms. The molecule has 0 atom stereocenters. The quantitative estimate of drug-likeness (QED) is 0.115. The van der Waals surface area contributed by atoms with Crippen molar-refractivity contribution in [2.45, 2.75) is 0 Å². The molecule has 0 heterocycles. The average Bonchev–Trinajstić information content (AvgIpc) is 2.28. The van der Waals surface area contributed by atoms with Crippen molar-refractivity contribution in [3.63, 3.8) is 0 Å². The van der Waals surface area contributed by atoms with E-state index in [9.17, 15) is 4.39 Å². The van der Waals surface area contributed by atoms with Crippen molar-refractivity contribution in [3.05, 3.63) is 37.4 Å². The lowest BCUT2D eigenvalue weighted by molar-refractivity contribution is 0.613. The Balaban J connectivity index is 3.78. The Hall–Kier alpha value is -0.0400. The van der Waals surface area contributed by atoms with E-state index in [1.807, 2.05) is 22.6 Å². The van der Waals surface area contributed by atoms with Crippen LogP contribution in [-0.2, 0) is 0 Å². The van der Waals surface area contributed by atoms with E-state index >= 15 is 0 Å². The van der Waals surface area contributed by atoms with Gasteiger partial charge in [-0.05, 0) is 78.8 Å². The summed E-state index contributed by atoms with van der Waals surface area (Å²) >= 11 is 5.33. The zero-order valence-electron chi connectivity index (χ0n) is 7.20. The minimum atomic E-state index is -0.550. The smallest absolute Gasteiger partial charge is 0.150 e. The van der Waals surface area contributed by atoms with Crippen LogP contribution in [0.5, 0.6) is 0 Å². The number of hydrogen-bond acceptors (Lipinski definition) is 2. The molecule has 82 valence electrons. The highest BCUT2D eigenvalue weighted by Crippen LogP contribution is 2.40. The van der Waals surface area contributed by atoms with Crippen LogP contribution in [0.25, 0.3) is 20.9 Å². The van der Waals surface area contributed by atoms with Gasteiger partial charge in [-0.3, -0.25) is 0 Å². The zero-order chi connectivity index (χ0) is 12.3. The summed E-state index contributed by atoms with van der Waals surface area (Å²) in [6.07, 6.45) is 0. The van der Waals surface area contributed by atoms with E-state index in [0.29, 0.717) is 3.57 Å². The summed E-state index contributed by atoms with van der Waals surface area (Å²) in [6.45, 7) is 0. The number of rotatable bonds is 2. The van der Waals surface area contributed by atoms with Crippen LogP contribution in [0, 0.1) is 16.5 Å². The molecule has 0 saturated carbocycles. The zero-order valence-corrected chi connectivity index (χ0v) is 13.7. The Bertz CT molecular complexity index is 501. The normalized spacial score (nSPS) is 9.25. The summed E-state index contributed by atoms with van der Waals surface area (Å²) in [4.78, 5) is 5.22. The lowest BCUT2D eigenvalue weighted by Gasteiger charge is -2.08. The van der Waals surface area contributed by atoms with E-state index in [-0.39, 0.29) is 18.5 Å². The molecule has 0 aliphatic heterocycles. The molecule has 1 rings (SSSR count). The van der Waals surface area contributed by atoms with Crippen LogP contribution in [0.1, 0.15) is 0 Å². The van der Waals surface area contributed by atoms with E-state index < -0.39 is 5.82 Å². The van der Waals surface area contributed by atoms with Crippen LogP contribution in [0.3, 0.4) is 0 Å². The van der Waals surface area contributed by atoms with Gasteiger partial charge in [-0.1, -0.05) is 10.2 Å². The molecule has 0 aliphatic carbocycles. The van der Waals surface area contributed by atoms with Gasteiger partial charge in [0, 0.05) is 13.4 Å². The van der Waals surface area contributed by atoms with Crippen LogP contribution in [0.2, 0.25) is 0 Å². The first-order chi connectivity index (χ1) is 7.54. The fourth-order valence-corrected chi connectivity index (χ4v) is 4.47. The van der Waals surface area contributed by atoms with Gasteiger partial charge in [-0.15, -0.1) is 0 Å². The molecule has 16 heavy (non-hydrogen) atoms. The Labute approximate surface area is 130 Å². The third-order valence-corrected chi connectivity index (χ3v) is 4.50. The van der Waals surface area contributed by atoms with E-state index in [0.717, 1.165) is 0 Å². The first-order valence-electron chi connectivity index (χ1n) is 3.50. The van der Waals surface area contributed by atoms with Gasteiger partial charge in [0.15, 0.2) is 5.82 Å². The summed E-state index contributed by atoms with van der Waals surface area (Å²) in [6, 6.07) is 0. The number of halogens is 4. The van der Waals surface area contributed by atoms with Gasteiger partial charge in [0.25, 0.3) is 0 Å². The number of hydrogen-bond donors (Lipinski definition) is 0. The maximum Gasteiger partial charge on any atom is 0.150 e. The topological polar surface area (TPSA) is 97.5 Å². The largest absolute Gasteiger partial charge is 0.205 e. The molecule has 0 saturated heterocycles. The van der Waals surface area contributed by atoms with Gasteiger partial charge in [-0.2, -0.15) is 0 Å². The second-order valence-corrected chi connectivity index (χ2v) is 5.57. The molecule has 0 radical (unpaired) electrons. The second-order valence-electron chi connectivity index (χ2n) is 2.33. The van der Waals surface area contributed by atoms with Crippen molar-refractivity contribution in [3.8, 4) is 0 Å². The highest BCUT2D eigenvalue weighted by molar-refractivity contribution is 14.1. The van der Waals surface area contributed by atoms with E-state index in [2.05, 4.69) is 20.1 Å². The molecule has 0 amide bonds. The molecular formula is C6FI3N6. The summed E-state index contributed by atoms with van der Waals surface area (Å²) < 4.78 is 14.5. The van der Waals surface area contributed by atoms with E-state index in [1.165, 1.54) is 0 Å². The summed E-state index contributed by atoms with van der Waals surface area (Å²) in [5, 5.41) is 6.78. The minimum Gasteiger partial charge on any atom is -0.205 e. The van der Waals surface area contributed by atoms with Crippen LogP contribution >= 0.6 is 67.8 Å². The molecule has 1 aromatic carbocycles. The maximum atomic E-state index is 13.7. The summed E-state index contributed by atoms with van der Waals surface area (Å²) in [5.74, 6) is -0.550. The predicted octanol–water partition coefficient (Wildman–Crippen LogP) is 5.52. The fraction of sp³-hybridized carbons (Fsp3) is 0.